The predicted octanol–water partition coefficient (Wildman–Crippen LogP) is 3.72. The van der Waals surface area contributed by atoms with E-state index in [0.29, 0.717) is 6.04 Å². The summed E-state index contributed by atoms with van der Waals surface area (Å²) in [6, 6.07) is 9.26. The van der Waals surface area contributed by atoms with Crippen LogP contribution < -0.4 is 5.32 Å². The van der Waals surface area contributed by atoms with Crippen LogP contribution in [0.25, 0.3) is 0 Å². The molecule has 5 heteroatoms. The van der Waals surface area contributed by atoms with Crippen molar-refractivity contribution in [1.82, 2.24) is 20.1 Å². The average Bonchev–Trinajstić information content (AvgIpc) is 2.77. The first-order valence-electron chi connectivity index (χ1n) is 8.78. The summed E-state index contributed by atoms with van der Waals surface area (Å²) in [4.78, 5) is 1.43. The molecular formula is C18H24N4S. The second-order valence-corrected chi connectivity index (χ2v) is 7.59. The molecule has 1 atom stereocenters. The van der Waals surface area contributed by atoms with Crippen molar-refractivity contribution >= 4 is 11.8 Å². The summed E-state index contributed by atoms with van der Waals surface area (Å²) >= 11 is 1.99. The SMILES string of the molecule is c1ccc2c(c1)SCCC[C@@H]2NCc1nnc2n1CCCCC2. The van der Waals surface area contributed by atoms with Crippen molar-refractivity contribution in [2.45, 2.75) is 62.6 Å². The van der Waals surface area contributed by atoms with Gasteiger partial charge in [-0.15, -0.1) is 22.0 Å². The molecule has 0 saturated heterocycles. The van der Waals surface area contributed by atoms with Gasteiger partial charge in [0.2, 0.25) is 0 Å². The summed E-state index contributed by atoms with van der Waals surface area (Å²) in [5, 5.41) is 12.6. The van der Waals surface area contributed by atoms with Crippen molar-refractivity contribution in [2.75, 3.05) is 5.75 Å². The molecule has 0 amide bonds. The van der Waals surface area contributed by atoms with Gasteiger partial charge in [-0.1, -0.05) is 24.6 Å². The molecule has 3 heterocycles. The maximum Gasteiger partial charge on any atom is 0.147 e. The Bertz CT molecular complexity index is 667. The lowest BCUT2D eigenvalue weighted by atomic mass is 10.0. The van der Waals surface area contributed by atoms with E-state index in [1.807, 2.05) is 11.8 Å². The Kier molecular flexibility index (Phi) is 4.67. The smallest absolute Gasteiger partial charge is 0.147 e. The molecule has 0 spiro atoms. The fraction of sp³-hybridized carbons (Fsp3) is 0.556. The molecule has 0 fully saturated rings. The summed E-state index contributed by atoms with van der Waals surface area (Å²) in [5.74, 6) is 3.50. The molecule has 2 aliphatic rings. The van der Waals surface area contributed by atoms with E-state index in [-0.39, 0.29) is 0 Å². The van der Waals surface area contributed by atoms with E-state index in [1.54, 1.807) is 0 Å². The van der Waals surface area contributed by atoms with Crippen LogP contribution in [0.1, 0.15) is 55.4 Å². The Morgan fingerprint density at radius 3 is 3.09 bits per heavy atom. The molecule has 1 N–H and O–H groups in total. The van der Waals surface area contributed by atoms with Gasteiger partial charge in [-0.25, -0.2) is 0 Å². The van der Waals surface area contributed by atoms with Crippen molar-refractivity contribution in [2.24, 2.45) is 0 Å². The van der Waals surface area contributed by atoms with Crippen molar-refractivity contribution in [3.8, 4) is 0 Å². The zero-order chi connectivity index (χ0) is 15.5. The average molecular weight is 328 g/mol. The first kappa shape index (κ1) is 15.2. The number of nitrogens with zero attached hydrogens (tertiary/aromatic N) is 3. The van der Waals surface area contributed by atoms with Gasteiger partial charge in [-0.2, -0.15) is 0 Å². The van der Waals surface area contributed by atoms with Crippen LogP contribution in [0.2, 0.25) is 0 Å². The van der Waals surface area contributed by atoms with E-state index in [0.717, 1.165) is 25.3 Å². The molecule has 4 rings (SSSR count). The molecule has 122 valence electrons. The predicted molar refractivity (Wildman–Crippen MR) is 93.6 cm³/mol. The van der Waals surface area contributed by atoms with Crippen LogP contribution in [0.3, 0.4) is 0 Å². The first-order valence-corrected chi connectivity index (χ1v) is 9.76. The van der Waals surface area contributed by atoms with Gasteiger partial charge in [0.1, 0.15) is 11.6 Å². The van der Waals surface area contributed by atoms with Crippen LogP contribution in [0.4, 0.5) is 0 Å². The quantitative estimate of drug-likeness (QED) is 0.932. The number of benzene rings is 1. The summed E-state index contributed by atoms with van der Waals surface area (Å²) in [5.41, 5.74) is 1.45. The lowest BCUT2D eigenvalue weighted by Gasteiger charge is -2.19. The second-order valence-electron chi connectivity index (χ2n) is 6.46. The van der Waals surface area contributed by atoms with Gasteiger partial charge in [0.15, 0.2) is 0 Å². The van der Waals surface area contributed by atoms with Crippen molar-refractivity contribution < 1.29 is 0 Å². The van der Waals surface area contributed by atoms with Crippen molar-refractivity contribution in [1.29, 1.82) is 0 Å². The third-order valence-electron chi connectivity index (χ3n) is 4.88. The minimum Gasteiger partial charge on any atom is -0.314 e. The van der Waals surface area contributed by atoms with Crippen LogP contribution in [0.15, 0.2) is 29.2 Å². The fourth-order valence-electron chi connectivity index (χ4n) is 3.63. The molecule has 1 aromatic heterocycles. The van der Waals surface area contributed by atoms with E-state index in [2.05, 4.69) is 44.3 Å². The molecule has 2 aromatic rings. The zero-order valence-corrected chi connectivity index (χ0v) is 14.3. The number of thioether (sulfide) groups is 1. The van der Waals surface area contributed by atoms with Crippen LogP contribution in [-0.2, 0) is 19.5 Å². The number of aryl methyl sites for hydroxylation is 1. The highest BCUT2D eigenvalue weighted by molar-refractivity contribution is 7.99. The summed E-state index contributed by atoms with van der Waals surface area (Å²) < 4.78 is 2.34. The minimum absolute atomic E-state index is 0.430. The lowest BCUT2D eigenvalue weighted by Crippen LogP contribution is -2.23. The number of aromatic nitrogens is 3. The van der Waals surface area contributed by atoms with Gasteiger partial charge in [0.25, 0.3) is 0 Å². The largest absolute Gasteiger partial charge is 0.314 e. The molecule has 1 aromatic carbocycles. The molecular weight excluding hydrogens is 304 g/mol. The van der Waals surface area contributed by atoms with Gasteiger partial charge >= 0.3 is 0 Å². The fourth-order valence-corrected chi connectivity index (χ4v) is 4.71. The molecule has 0 bridgehead atoms. The van der Waals surface area contributed by atoms with Gasteiger partial charge < -0.3 is 9.88 Å². The number of fused-ring (bicyclic) bond motifs is 2. The summed E-state index contributed by atoms with van der Waals surface area (Å²) in [7, 11) is 0. The highest BCUT2D eigenvalue weighted by atomic mass is 32.2. The van der Waals surface area contributed by atoms with Crippen LogP contribution in [0, 0.1) is 0 Å². The molecule has 0 unspecified atom stereocenters. The van der Waals surface area contributed by atoms with E-state index in [1.165, 1.54) is 54.1 Å². The number of hydrogen-bond acceptors (Lipinski definition) is 4. The second kappa shape index (κ2) is 7.05. The molecule has 2 aliphatic heterocycles. The molecule has 0 saturated carbocycles. The third-order valence-corrected chi connectivity index (χ3v) is 6.06. The standard InChI is InChI=1S/C18H24N4S/c1-2-10-17-20-21-18(22(17)11-5-1)13-19-15-8-6-12-23-16-9-4-3-7-14(15)16/h3-4,7,9,15,19H,1-2,5-6,8,10-13H2/t15-/m0/s1. The van der Waals surface area contributed by atoms with E-state index >= 15 is 0 Å². The first-order chi connectivity index (χ1) is 11.4. The zero-order valence-electron chi connectivity index (χ0n) is 13.5. The summed E-state index contributed by atoms with van der Waals surface area (Å²) in [6.07, 6.45) is 7.35. The Morgan fingerprint density at radius 2 is 2.09 bits per heavy atom. The number of nitrogens with one attached hydrogen (secondary N) is 1. The van der Waals surface area contributed by atoms with Crippen molar-refractivity contribution in [3.63, 3.8) is 0 Å². The Hall–Kier alpha value is -1.33. The van der Waals surface area contributed by atoms with Gasteiger partial charge in [0.05, 0.1) is 6.54 Å². The van der Waals surface area contributed by atoms with Crippen LogP contribution in [0.5, 0.6) is 0 Å². The third kappa shape index (κ3) is 3.31. The number of hydrogen-bond donors (Lipinski definition) is 1. The van der Waals surface area contributed by atoms with Crippen LogP contribution >= 0.6 is 11.8 Å². The monoisotopic (exact) mass is 328 g/mol. The molecule has 4 nitrogen and oxygen atoms in total. The maximum atomic E-state index is 4.45. The minimum atomic E-state index is 0.430. The molecule has 0 aliphatic carbocycles. The Labute approximate surface area is 142 Å². The highest BCUT2D eigenvalue weighted by Crippen LogP contribution is 2.34. The van der Waals surface area contributed by atoms with E-state index in [9.17, 15) is 0 Å². The normalized spacial score (nSPS) is 21.1. The Balaban J connectivity index is 1.50. The highest BCUT2D eigenvalue weighted by Gasteiger charge is 2.20. The lowest BCUT2D eigenvalue weighted by molar-refractivity contribution is 0.471. The Morgan fingerprint density at radius 1 is 1.13 bits per heavy atom. The van der Waals surface area contributed by atoms with Crippen molar-refractivity contribution in [3.05, 3.63) is 41.5 Å². The van der Waals surface area contributed by atoms with E-state index in [4.69, 9.17) is 0 Å². The van der Waals surface area contributed by atoms with Gasteiger partial charge in [-0.05, 0) is 43.1 Å². The number of rotatable bonds is 3. The van der Waals surface area contributed by atoms with Crippen LogP contribution in [-0.4, -0.2) is 20.5 Å². The molecule has 23 heavy (non-hydrogen) atoms. The maximum absolute atomic E-state index is 4.45. The topological polar surface area (TPSA) is 42.7 Å². The van der Waals surface area contributed by atoms with Gasteiger partial charge in [0, 0.05) is 23.9 Å². The molecule has 0 radical (unpaired) electrons. The van der Waals surface area contributed by atoms with Gasteiger partial charge in [-0.3, -0.25) is 0 Å². The van der Waals surface area contributed by atoms with E-state index < -0.39 is 0 Å². The summed E-state index contributed by atoms with van der Waals surface area (Å²) in [6.45, 7) is 1.90.